The molecular weight excluding hydrogens is 382 g/mol. The number of hydrogen-bond acceptors (Lipinski definition) is 3. The molecule has 1 aromatic carbocycles. The first-order chi connectivity index (χ1) is 11.3. The number of hydrogen-bond donors (Lipinski definition) is 0. The summed E-state index contributed by atoms with van der Waals surface area (Å²) in [6.45, 7) is 0. The number of halogens is 7. The Balaban J connectivity index is 2.80. The summed E-state index contributed by atoms with van der Waals surface area (Å²) in [6, 6.07) is 1.37. The van der Waals surface area contributed by atoms with Crippen LogP contribution in [-0.4, -0.2) is 9.49 Å². The lowest BCUT2D eigenvalue weighted by Gasteiger charge is -2.13. The van der Waals surface area contributed by atoms with Gasteiger partial charge in [0.05, 0.1) is 16.1 Å². The summed E-state index contributed by atoms with van der Waals surface area (Å²) < 4.78 is 76.6. The summed E-state index contributed by atoms with van der Waals surface area (Å²) in [4.78, 5) is 21.7. The quantitative estimate of drug-likeness (QED) is 0.435. The average Bonchev–Trinajstić information content (AvgIpc) is 2.47. The van der Waals surface area contributed by atoms with Crippen LogP contribution in [0.4, 0.5) is 32.0 Å². The first-order valence-corrected chi connectivity index (χ1v) is 6.55. The van der Waals surface area contributed by atoms with Crippen LogP contribution >= 0.6 is 11.6 Å². The molecule has 0 bridgehead atoms. The molecule has 0 radical (unpaired) electrons. The molecule has 0 N–H and O–H groups in total. The van der Waals surface area contributed by atoms with Crippen LogP contribution in [0, 0.1) is 10.1 Å². The van der Waals surface area contributed by atoms with Gasteiger partial charge in [-0.2, -0.15) is 26.3 Å². The lowest BCUT2D eigenvalue weighted by atomic mass is 10.1. The van der Waals surface area contributed by atoms with E-state index in [-0.39, 0.29) is 16.8 Å². The maximum atomic E-state index is 12.8. The number of pyridine rings is 1. The van der Waals surface area contributed by atoms with Gasteiger partial charge >= 0.3 is 12.4 Å². The Morgan fingerprint density at radius 1 is 1.00 bits per heavy atom. The number of alkyl halides is 6. The zero-order chi connectivity index (χ0) is 19.2. The molecule has 0 fully saturated rings. The standard InChI is InChI=1S/C13H5ClF6N2O3/c14-8-3-7(13(18,19)20)5-21(11(8)23)9-2-1-6(12(15,16)17)4-10(9)22(24)25/h1-5H. The zero-order valence-corrected chi connectivity index (χ0v) is 12.4. The SMILES string of the molecule is O=c1c(Cl)cc(C(F)(F)F)cn1-c1ccc(C(F)(F)F)cc1[N+](=O)[O-]. The molecule has 0 aliphatic rings. The Labute approximate surface area is 139 Å². The molecule has 0 saturated heterocycles. The molecule has 0 aliphatic heterocycles. The molecule has 0 amide bonds. The average molecular weight is 387 g/mol. The normalized spacial score (nSPS) is 12.3. The van der Waals surface area contributed by atoms with Crippen LogP contribution in [0.25, 0.3) is 5.69 Å². The van der Waals surface area contributed by atoms with Crippen LogP contribution in [-0.2, 0) is 12.4 Å². The van der Waals surface area contributed by atoms with E-state index in [4.69, 9.17) is 11.6 Å². The van der Waals surface area contributed by atoms with Gasteiger partial charge in [-0.25, -0.2) is 0 Å². The van der Waals surface area contributed by atoms with Crippen LogP contribution in [0.5, 0.6) is 0 Å². The highest BCUT2D eigenvalue weighted by Gasteiger charge is 2.35. The number of aromatic nitrogens is 1. The monoisotopic (exact) mass is 386 g/mol. The molecule has 1 aromatic heterocycles. The van der Waals surface area contributed by atoms with Crippen molar-refractivity contribution in [1.82, 2.24) is 4.57 Å². The highest BCUT2D eigenvalue weighted by molar-refractivity contribution is 6.30. The van der Waals surface area contributed by atoms with Gasteiger partial charge in [0.15, 0.2) is 0 Å². The van der Waals surface area contributed by atoms with Crippen LogP contribution in [0.1, 0.15) is 11.1 Å². The van der Waals surface area contributed by atoms with Gasteiger partial charge in [0.1, 0.15) is 10.7 Å². The molecule has 0 unspecified atom stereocenters. The van der Waals surface area contributed by atoms with Gasteiger partial charge in [-0.3, -0.25) is 19.5 Å². The summed E-state index contributed by atoms with van der Waals surface area (Å²) in [7, 11) is 0. The van der Waals surface area contributed by atoms with Gasteiger partial charge in [0.2, 0.25) is 0 Å². The number of nitro groups is 1. The van der Waals surface area contributed by atoms with E-state index in [2.05, 4.69) is 0 Å². The van der Waals surface area contributed by atoms with Gasteiger partial charge in [0, 0.05) is 12.3 Å². The largest absolute Gasteiger partial charge is 0.417 e. The lowest BCUT2D eigenvalue weighted by molar-refractivity contribution is -0.384. The van der Waals surface area contributed by atoms with E-state index >= 15 is 0 Å². The second kappa shape index (κ2) is 6.06. The van der Waals surface area contributed by atoms with Crippen molar-refractivity contribution >= 4 is 17.3 Å². The van der Waals surface area contributed by atoms with Crippen molar-refractivity contribution in [1.29, 1.82) is 0 Å². The highest BCUT2D eigenvalue weighted by Crippen LogP contribution is 2.35. The van der Waals surface area contributed by atoms with E-state index < -0.39 is 50.4 Å². The van der Waals surface area contributed by atoms with Crippen molar-refractivity contribution < 1.29 is 31.3 Å². The second-order valence-corrected chi connectivity index (χ2v) is 5.12. The van der Waals surface area contributed by atoms with Gasteiger partial charge in [-0.1, -0.05) is 11.6 Å². The third kappa shape index (κ3) is 3.76. The maximum absolute atomic E-state index is 12.8. The summed E-state index contributed by atoms with van der Waals surface area (Å²) in [5, 5.41) is 10.1. The fourth-order valence-electron chi connectivity index (χ4n) is 1.93. The van der Waals surface area contributed by atoms with E-state index in [1.54, 1.807) is 0 Å². The topological polar surface area (TPSA) is 65.1 Å². The molecule has 2 rings (SSSR count). The van der Waals surface area contributed by atoms with Crippen LogP contribution in [0.15, 0.2) is 35.3 Å². The smallest absolute Gasteiger partial charge is 0.276 e. The van der Waals surface area contributed by atoms with Crippen molar-refractivity contribution in [2.75, 3.05) is 0 Å². The summed E-state index contributed by atoms with van der Waals surface area (Å²) >= 11 is 5.43. The zero-order valence-electron chi connectivity index (χ0n) is 11.7. The van der Waals surface area contributed by atoms with Crippen LogP contribution < -0.4 is 5.56 Å². The lowest BCUT2D eigenvalue weighted by Crippen LogP contribution is -2.22. The van der Waals surface area contributed by atoms with Crippen molar-refractivity contribution in [2.24, 2.45) is 0 Å². The molecule has 5 nitrogen and oxygen atoms in total. The molecule has 134 valence electrons. The summed E-state index contributed by atoms with van der Waals surface area (Å²) in [5.41, 5.74) is -6.03. The highest BCUT2D eigenvalue weighted by atomic mass is 35.5. The number of nitro benzene ring substituents is 1. The Morgan fingerprint density at radius 2 is 1.56 bits per heavy atom. The van der Waals surface area contributed by atoms with E-state index in [1.807, 2.05) is 0 Å². The van der Waals surface area contributed by atoms with Crippen LogP contribution in [0.2, 0.25) is 5.02 Å². The molecule has 0 aliphatic carbocycles. The second-order valence-electron chi connectivity index (χ2n) is 4.71. The minimum Gasteiger partial charge on any atom is -0.276 e. The predicted molar refractivity (Wildman–Crippen MR) is 73.7 cm³/mol. The number of benzene rings is 1. The Hall–Kier alpha value is -2.56. The Kier molecular flexibility index (Phi) is 4.55. The molecule has 25 heavy (non-hydrogen) atoms. The number of nitrogens with zero attached hydrogens (tertiary/aromatic N) is 2. The third-order valence-corrected chi connectivity index (χ3v) is 3.33. The van der Waals surface area contributed by atoms with Gasteiger partial charge < -0.3 is 0 Å². The summed E-state index contributed by atoms with van der Waals surface area (Å²) in [6.07, 6.45) is -9.62. The van der Waals surface area contributed by atoms with Gasteiger partial charge in [-0.05, 0) is 18.2 Å². The van der Waals surface area contributed by atoms with E-state index in [0.717, 1.165) is 0 Å². The van der Waals surface area contributed by atoms with Crippen molar-refractivity contribution in [3.05, 3.63) is 67.1 Å². The predicted octanol–water partition coefficient (Wildman–Crippen LogP) is 4.44. The molecule has 1 heterocycles. The fraction of sp³-hybridized carbons (Fsp3) is 0.154. The van der Waals surface area contributed by atoms with Crippen molar-refractivity contribution in [3.8, 4) is 5.69 Å². The summed E-state index contributed by atoms with van der Waals surface area (Å²) in [5.74, 6) is 0. The van der Waals surface area contributed by atoms with Crippen molar-refractivity contribution in [2.45, 2.75) is 12.4 Å². The number of rotatable bonds is 2. The Morgan fingerprint density at radius 3 is 2.04 bits per heavy atom. The molecule has 12 heteroatoms. The van der Waals surface area contributed by atoms with E-state index in [0.29, 0.717) is 18.2 Å². The Bertz CT molecular complexity index is 904. The molecule has 0 spiro atoms. The van der Waals surface area contributed by atoms with E-state index in [9.17, 15) is 41.3 Å². The van der Waals surface area contributed by atoms with Gasteiger partial charge in [-0.15, -0.1) is 0 Å². The minimum atomic E-state index is -4.93. The molecule has 0 saturated carbocycles. The molecule has 0 atom stereocenters. The first kappa shape index (κ1) is 18.8. The fourth-order valence-corrected chi connectivity index (χ4v) is 2.14. The third-order valence-electron chi connectivity index (χ3n) is 3.06. The van der Waals surface area contributed by atoms with Gasteiger partial charge in [0.25, 0.3) is 11.2 Å². The molecular formula is C13H5ClF6N2O3. The molecule has 2 aromatic rings. The first-order valence-electron chi connectivity index (χ1n) is 6.18. The maximum Gasteiger partial charge on any atom is 0.417 e. The van der Waals surface area contributed by atoms with E-state index in [1.165, 1.54) is 0 Å². The van der Waals surface area contributed by atoms with Crippen LogP contribution in [0.3, 0.4) is 0 Å². The minimum absolute atomic E-state index is 0.121. The van der Waals surface area contributed by atoms with Crippen molar-refractivity contribution in [3.63, 3.8) is 0 Å².